The molecule has 1 heterocycles. The number of hydrazone groups is 1. The molecule has 1 aliphatic rings. The second-order valence-electron chi connectivity index (χ2n) is 6.81. The van der Waals surface area contributed by atoms with Crippen molar-refractivity contribution in [1.29, 1.82) is 0 Å². The van der Waals surface area contributed by atoms with Gasteiger partial charge in [0.2, 0.25) is 0 Å². The Bertz CT molecular complexity index is 883. The van der Waals surface area contributed by atoms with Crippen LogP contribution in [0.5, 0.6) is 0 Å². The molecule has 0 amide bonds. The Labute approximate surface area is 164 Å². The zero-order chi connectivity index (χ0) is 20.1. The van der Waals surface area contributed by atoms with E-state index in [0.717, 1.165) is 30.5 Å². The molecular formula is C22H24F2N4. The van der Waals surface area contributed by atoms with Crippen molar-refractivity contribution in [2.75, 3.05) is 13.6 Å². The second kappa shape index (κ2) is 8.87. The van der Waals surface area contributed by atoms with E-state index in [1.165, 1.54) is 18.2 Å². The minimum Gasteiger partial charge on any atom is -0.298 e. The summed E-state index contributed by atoms with van der Waals surface area (Å²) in [5, 5.41) is 6.30. The molecule has 4 nitrogen and oxygen atoms in total. The molecule has 0 saturated heterocycles. The van der Waals surface area contributed by atoms with Gasteiger partial charge in [-0.3, -0.25) is 10.0 Å². The van der Waals surface area contributed by atoms with Crippen molar-refractivity contribution in [3.8, 4) is 0 Å². The van der Waals surface area contributed by atoms with Gasteiger partial charge in [0.25, 0.3) is 0 Å². The van der Waals surface area contributed by atoms with E-state index in [2.05, 4.69) is 28.7 Å². The number of hydrogen-bond acceptors (Lipinski definition) is 3. The first kappa shape index (κ1) is 19.9. The van der Waals surface area contributed by atoms with E-state index in [0.29, 0.717) is 18.0 Å². The maximum atomic E-state index is 14.0. The Balaban J connectivity index is 1.81. The highest BCUT2D eigenvalue weighted by atomic mass is 19.1. The third kappa shape index (κ3) is 4.32. The van der Waals surface area contributed by atoms with E-state index in [9.17, 15) is 8.78 Å². The Morgan fingerprint density at radius 2 is 1.86 bits per heavy atom. The largest absolute Gasteiger partial charge is 0.298 e. The van der Waals surface area contributed by atoms with Crippen LogP contribution in [0.15, 0.2) is 57.6 Å². The summed E-state index contributed by atoms with van der Waals surface area (Å²) in [6, 6.07) is 11.6. The van der Waals surface area contributed by atoms with Gasteiger partial charge < -0.3 is 0 Å². The molecule has 146 valence electrons. The van der Waals surface area contributed by atoms with Gasteiger partial charge in [-0.1, -0.05) is 37.3 Å². The first-order valence-electron chi connectivity index (χ1n) is 9.41. The Hall–Kier alpha value is -2.89. The lowest BCUT2D eigenvalue weighted by Gasteiger charge is -2.13. The molecule has 0 fully saturated rings. The molecule has 0 aliphatic carbocycles. The van der Waals surface area contributed by atoms with E-state index in [-0.39, 0.29) is 11.6 Å². The third-order valence-corrected chi connectivity index (χ3v) is 4.73. The summed E-state index contributed by atoms with van der Waals surface area (Å²) in [4.78, 5) is 8.61. The van der Waals surface area contributed by atoms with Crippen molar-refractivity contribution < 1.29 is 8.78 Å². The van der Waals surface area contributed by atoms with E-state index < -0.39 is 11.6 Å². The average Bonchev–Trinajstić information content (AvgIpc) is 3.16. The van der Waals surface area contributed by atoms with Gasteiger partial charge in [0.05, 0.1) is 11.6 Å². The summed E-state index contributed by atoms with van der Waals surface area (Å²) < 4.78 is 28.0. The van der Waals surface area contributed by atoms with Crippen molar-refractivity contribution in [1.82, 2.24) is 5.01 Å². The highest BCUT2D eigenvalue weighted by molar-refractivity contribution is 6.02. The van der Waals surface area contributed by atoms with Gasteiger partial charge in [-0.15, -0.1) is 0 Å². The Morgan fingerprint density at radius 3 is 2.46 bits per heavy atom. The Morgan fingerprint density at radius 1 is 1.18 bits per heavy atom. The number of halogens is 2. The molecule has 0 bridgehead atoms. The van der Waals surface area contributed by atoms with Gasteiger partial charge in [0.1, 0.15) is 11.6 Å². The van der Waals surface area contributed by atoms with Crippen molar-refractivity contribution in [2.24, 2.45) is 15.1 Å². The van der Waals surface area contributed by atoms with E-state index in [1.54, 1.807) is 0 Å². The molecule has 0 spiro atoms. The summed E-state index contributed by atoms with van der Waals surface area (Å²) in [6.07, 6.45) is 2.27. The molecule has 0 saturated carbocycles. The van der Waals surface area contributed by atoms with E-state index >= 15 is 0 Å². The van der Waals surface area contributed by atoms with Crippen LogP contribution >= 0.6 is 0 Å². The molecule has 0 radical (unpaired) electrons. The van der Waals surface area contributed by atoms with E-state index in [4.69, 9.17) is 0 Å². The van der Waals surface area contributed by atoms with Gasteiger partial charge in [-0.05, 0) is 43.7 Å². The van der Waals surface area contributed by atoms with Crippen molar-refractivity contribution in [3.05, 3.63) is 70.8 Å². The SMILES string of the molecule is C=N/C(=N\N(C)CCC)c1ccc(C2CCC(c3c(F)cccc3F)=N2)cc1. The van der Waals surface area contributed by atoms with Crippen LogP contribution in [0.4, 0.5) is 8.78 Å². The quantitative estimate of drug-likeness (QED) is 0.394. The van der Waals surface area contributed by atoms with Crippen LogP contribution in [0.25, 0.3) is 0 Å². The number of amidine groups is 1. The fourth-order valence-electron chi connectivity index (χ4n) is 3.37. The minimum atomic E-state index is -0.566. The lowest BCUT2D eigenvalue weighted by molar-refractivity contribution is 0.354. The summed E-state index contributed by atoms with van der Waals surface area (Å²) in [5.41, 5.74) is 2.34. The maximum Gasteiger partial charge on any atom is 0.178 e. The second-order valence-corrected chi connectivity index (χ2v) is 6.81. The van der Waals surface area contributed by atoms with Crippen molar-refractivity contribution >= 4 is 18.3 Å². The number of rotatable bonds is 6. The van der Waals surface area contributed by atoms with Gasteiger partial charge in [-0.2, -0.15) is 5.10 Å². The van der Waals surface area contributed by atoms with Crippen LogP contribution in [0.1, 0.15) is 48.9 Å². The third-order valence-electron chi connectivity index (χ3n) is 4.73. The lowest BCUT2D eigenvalue weighted by atomic mass is 10.0. The van der Waals surface area contributed by atoms with Crippen LogP contribution in [0.2, 0.25) is 0 Å². The van der Waals surface area contributed by atoms with Crippen LogP contribution < -0.4 is 0 Å². The number of aliphatic imine (C=N–C) groups is 2. The molecular weight excluding hydrogens is 358 g/mol. The molecule has 6 heteroatoms. The minimum absolute atomic E-state index is 0.00846. The molecule has 0 N–H and O–H groups in total. The molecule has 3 rings (SSSR count). The molecule has 1 aliphatic heterocycles. The van der Waals surface area contributed by atoms with Crippen molar-refractivity contribution in [3.63, 3.8) is 0 Å². The summed E-state index contributed by atoms with van der Waals surface area (Å²) in [6.45, 7) is 6.54. The predicted molar refractivity (Wildman–Crippen MR) is 110 cm³/mol. The zero-order valence-electron chi connectivity index (χ0n) is 16.2. The monoisotopic (exact) mass is 382 g/mol. The van der Waals surface area contributed by atoms with Crippen LogP contribution in [0, 0.1) is 11.6 Å². The summed E-state index contributed by atoms with van der Waals surface area (Å²) in [5.74, 6) is -0.570. The van der Waals surface area contributed by atoms with Crippen LogP contribution in [-0.2, 0) is 0 Å². The van der Waals surface area contributed by atoms with Crippen LogP contribution in [0.3, 0.4) is 0 Å². The molecule has 28 heavy (non-hydrogen) atoms. The molecule has 2 aromatic carbocycles. The highest BCUT2D eigenvalue weighted by Crippen LogP contribution is 2.32. The van der Waals surface area contributed by atoms with Gasteiger partial charge in [-0.25, -0.2) is 13.8 Å². The number of benzene rings is 2. The first-order valence-corrected chi connectivity index (χ1v) is 9.41. The number of nitrogens with zero attached hydrogens (tertiary/aromatic N) is 4. The van der Waals surface area contributed by atoms with Crippen LogP contribution in [-0.4, -0.2) is 36.9 Å². The average molecular weight is 382 g/mol. The standard InChI is InChI=1S/C22H24F2N4/c1-4-14-28(3)27-22(25-2)16-10-8-15(9-11-16)19-12-13-20(26-19)21-17(23)6-5-7-18(21)24/h5-11,19H,2,4,12-14H2,1,3H3/b27-22-. The molecule has 0 aromatic heterocycles. The Kier molecular flexibility index (Phi) is 6.29. The molecule has 1 unspecified atom stereocenters. The first-order chi connectivity index (χ1) is 13.5. The number of hydrogen-bond donors (Lipinski definition) is 0. The predicted octanol–water partition coefficient (Wildman–Crippen LogP) is 4.99. The fourth-order valence-corrected chi connectivity index (χ4v) is 3.37. The molecule has 2 aromatic rings. The highest BCUT2D eigenvalue weighted by Gasteiger charge is 2.24. The van der Waals surface area contributed by atoms with E-state index in [1.807, 2.05) is 36.3 Å². The normalized spacial score (nSPS) is 16.8. The summed E-state index contributed by atoms with van der Waals surface area (Å²) >= 11 is 0. The smallest absolute Gasteiger partial charge is 0.178 e. The fraction of sp³-hybridized carbons (Fsp3) is 0.318. The summed E-state index contributed by atoms with van der Waals surface area (Å²) in [7, 11) is 1.90. The lowest BCUT2D eigenvalue weighted by Crippen LogP contribution is -2.15. The van der Waals surface area contributed by atoms with Crippen molar-refractivity contribution in [2.45, 2.75) is 32.2 Å². The van der Waals surface area contributed by atoms with Gasteiger partial charge >= 0.3 is 0 Å². The topological polar surface area (TPSA) is 40.3 Å². The van der Waals surface area contributed by atoms with Gasteiger partial charge in [0, 0.05) is 24.9 Å². The van der Waals surface area contributed by atoms with Gasteiger partial charge in [0.15, 0.2) is 5.84 Å². The maximum absolute atomic E-state index is 14.0. The molecule has 1 atom stereocenters. The zero-order valence-corrected chi connectivity index (χ0v) is 16.2.